The van der Waals surface area contributed by atoms with Crippen LogP contribution >= 0.6 is 0 Å². The summed E-state index contributed by atoms with van der Waals surface area (Å²) >= 11 is 0. The van der Waals surface area contributed by atoms with E-state index in [0.29, 0.717) is 25.4 Å². The Morgan fingerprint density at radius 1 is 1.19 bits per heavy atom. The van der Waals surface area contributed by atoms with Gasteiger partial charge in [0.25, 0.3) is 10.1 Å². The lowest BCUT2D eigenvalue weighted by Gasteiger charge is -2.33. The molecule has 2 unspecified atom stereocenters. The molecular formula is C25H40O5S. The number of hydrogen-bond acceptors (Lipinski definition) is 4. The summed E-state index contributed by atoms with van der Waals surface area (Å²) in [5.41, 5.74) is 0.867. The van der Waals surface area contributed by atoms with Crippen LogP contribution < -0.4 is 9.47 Å². The number of fused-ring (bicyclic) bond motifs is 1. The third-order valence-corrected chi connectivity index (χ3v) is 6.62. The molecule has 1 aromatic rings. The van der Waals surface area contributed by atoms with E-state index in [1.165, 1.54) is 19.3 Å². The number of allylic oxidation sites excluding steroid dienone is 1. The van der Waals surface area contributed by atoms with Gasteiger partial charge in [0, 0.05) is 0 Å². The van der Waals surface area contributed by atoms with Crippen LogP contribution in [-0.4, -0.2) is 30.9 Å². The molecule has 0 saturated carbocycles. The summed E-state index contributed by atoms with van der Waals surface area (Å²) in [6.07, 6.45) is 12.3. The van der Waals surface area contributed by atoms with Crippen LogP contribution in [0.2, 0.25) is 0 Å². The van der Waals surface area contributed by atoms with Crippen molar-refractivity contribution in [1.82, 2.24) is 0 Å². The van der Waals surface area contributed by atoms with E-state index in [9.17, 15) is 8.42 Å². The van der Waals surface area contributed by atoms with E-state index in [4.69, 9.17) is 14.0 Å². The Labute approximate surface area is 189 Å². The molecule has 31 heavy (non-hydrogen) atoms. The summed E-state index contributed by atoms with van der Waals surface area (Å²) in [4.78, 5) is 0. The molecule has 1 N–H and O–H groups in total. The first-order chi connectivity index (χ1) is 14.6. The first-order valence-electron chi connectivity index (χ1n) is 11.6. The van der Waals surface area contributed by atoms with Gasteiger partial charge in [-0.1, -0.05) is 46.1 Å². The van der Waals surface area contributed by atoms with Crippen molar-refractivity contribution in [2.75, 3.05) is 12.4 Å². The van der Waals surface area contributed by atoms with Gasteiger partial charge in [-0.2, -0.15) is 8.42 Å². The molecular weight excluding hydrogens is 412 g/mol. The third kappa shape index (κ3) is 10.1. The molecule has 1 aliphatic heterocycles. The van der Waals surface area contributed by atoms with Crippen LogP contribution in [0.25, 0.3) is 0 Å². The highest BCUT2D eigenvalue weighted by molar-refractivity contribution is 7.85. The highest BCUT2D eigenvalue weighted by atomic mass is 32.2. The lowest BCUT2D eigenvalue weighted by Crippen LogP contribution is -2.34. The van der Waals surface area contributed by atoms with Gasteiger partial charge >= 0.3 is 0 Å². The number of aryl methyl sites for hydroxylation is 1. The van der Waals surface area contributed by atoms with Crippen LogP contribution in [0.1, 0.15) is 78.2 Å². The van der Waals surface area contributed by atoms with E-state index in [1.807, 2.05) is 18.2 Å². The lowest BCUT2D eigenvalue weighted by atomic mass is 9.91. The first-order valence-corrected chi connectivity index (χ1v) is 13.2. The Morgan fingerprint density at radius 3 is 2.68 bits per heavy atom. The molecule has 1 aromatic carbocycles. The molecule has 5 nitrogen and oxygen atoms in total. The summed E-state index contributed by atoms with van der Waals surface area (Å²) in [6.45, 7) is 9.47. The Balaban J connectivity index is 1.79. The fourth-order valence-corrected chi connectivity index (χ4v) is 4.43. The van der Waals surface area contributed by atoms with E-state index < -0.39 is 10.1 Å². The van der Waals surface area contributed by atoms with Crippen molar-refractivity contribution in [3.63, 3.8) is 0 Å². The summed E-state index contributed by atoms with van der Waals surface area (Å²) in [6, 6.07) is 5.87. The summed E-state index contributed by atoms with van der Waals surface area (Å²) in [7, 11) is -3.89. The molecule has 0 amide bonds. The van der Waals surface area contributed by atoms with Crippen molar-refractivity contribution in [3.05, 3.63) is 35.9 Å². The van der Waals surface area contributed by atoms with Gasteiger partial charge < -0.3 is 9.47 Å². The van der Waals surface area contributed by atoms with Crippen molar-refractivity contribution in [2.45, 2.75) is 84.7 Å². The molecule has 0 bridgehead atoms. The van der Waals surface area contributed by atoms with Gasteiger partial charge in [-0.3, -0.25) is 4.55 Å². The number of ether oxygens (including phenoxy) is 2. The fraction of sp³-hybridized carbons (Fsp3) is 0.680. The second-order valence-corrected chi connectivity index (χ2v) is 11.2. The molecule has 0 fully saturated rings. The molecule has 0 radical (unpaired) electrons. The summed E-state index contributed by atoms with van der Waals surface area (Å²) < 4.78 is 42.3. The quantitative estimate of drug-likeness (QED) is 0.218. The predicted molar refractivity (Wildman–Crippen MR) is 127 cm³/mol. The Hall–Kier alpha value is -1.53. The minimum Gasteiger partial charge on any atom is -0.494 e. The standard InChI is InChI=1S/C25H40O5S/c1-20(2)9-7-10-21(3)11-8-15-25(4)16-14-22-19-23(12-13-24(22)30-25)29-17-5-6-18-31(26,27)28/h8,12-13,15,19-21H,5-7,9-11,14,16-18H2,1-4H3,(H,26,27,28). The monoisotopic (exact) mass is 452 g/mol. The molecule has 1 aliphatic rings. The largest absolute Gasteiger partial charge is 0.494 e. The minimum atomic E-state index is -3.89. The maximum Gasteiger partial charge on any atom is 0.264 e. The summed E-state index contributed by atoms with van der Waals surface area (Å²) in [5.74, 6) is 2.93. The van der Waals surface area contributed by atoms with Crippen LogP contribution in [0, 0.1) is 11.8 Å². The zero-order valence-corrected chi connectivity index (χ0v) is 20.4. The number of benzene rings is 1. The summed E-state index contributed by atoms with van der Waals surface area (Å²) in [5, 5.41) is 0. The second kappa shape index (κ2) is 11.9. The zero-order valence-electron chi connectivity index (χ0n) is 19.6. The van der Waals surface area contributed by atoms with Crippen LogP contribution in [0.4, 0.5) is 0 Å². The van der Waals surface area contributed by atoms with Crippen molar-refractivity contribution >= 4 is 10.1 Å². The van der Waals surface area contributed by atoms with Crippen LogP contribution in [-0.2, 0) is 16.5 Å². The molecule has 0 saturated heterocycles. The molecule has 6 heteroatoms. The van der Waals surface area contributed by atoms with Gasteiger partial charge in [0.15, 0.2) is 0 Å². The molecule has 0 spiro atoms. The van der Waals surface area contributed by atoms with Gasteiger partial charge in [0.2, 0.25) is 0 Å². The van der Waals surface area contributed by atoms with Gasteiger partial charge in [-0.05, 0) is 80.7 Å². The number of unbranched alkanes of at least 4 members (excludes halogenated alkanes) is 1. The van der Waals surface area contributed by atoms with Gasteiger partial charge in [0.1, 0.15) is 17.1 Å². The molecule has 0 aromatic heterocycles. The van der Waals surface area contributed by atoms with E-state index in [1.54, 1.807) is 0 Å². The van der Waals surface area contributed by atoms with E-state index in [-0.39, 0.29) is 11.4 Å². The van der Waals surface area contributed by atoms with E-state index in [2.05, 4.69) is 39.8 Å². The van der Waals surface area contributed by atoms with Crippen LogP contribution in [0.5, 0.6) is 11.5 Å². The smallest absolute Gasteiger partial charge is 0.264 e. The van der Waals surface area contributed by atoms with Crippen molar-refractivity contribution in [3.8, 4) is 11.5 Å². The van der Waals surface area contributed by atoms with Crippen LogP contribution in [0.3, 0.4) is 0 Å². The first kappa shape index (κ1) is 25.7. The zero-order chi connectivity index (χ0) is 22.9. The molecule has 1 heterocycles. The predicted octanol–water partition coefficient (Wildman–Crippen LogP) is 6.23. The average molecular weight is 453 g/mol. The Bertz CT molecular complexity index is 815. The average Bonchev–Trinajstić information content (AvgIpc) is 2.66. The fourth-order valence-electron chi connectivity index (χ4n) is 3.86. The maximum atomic E-state index is 10.7. The van der Waals surface area contributed by atoms with E-state index in [0.717, 1.165) is 42.2 Å². The lowest BCUT2D eigenvalue weighted by molar-refractivity contribution is 0.114. The Morgan fingerprint density at radius 2 is 1.97 bits per heavy atom. The van der Waals surface area contributed by atoms with Gasteiger partial charge in [-0.15, -0.1) is 0 Å². The molecule has 176 valence electrons. The topological polar surface area (TPSA) is 72.8 Å². The molecule has 2 rings (SSSR count). The third-order valence-electron chi connectivity index (χ3n) is 5.82. The van der Waals surface area contributed by atoms with Crippen molar-refractivity contribution in [2.24, 2.45) is 11.8 Å². The van der Waals surface area contributed by atoms with Crippen molar-refractivity contribution in [1.29, 1.82) is 0 Å². The normalized spacial score (nSPS) is 19.9. The minimum absolute atomic E-state index is 0.225. The van der Waals surface area contributed by atoms with Crippen LogP contribution in [0.15, 0.2) is 30.4 Å². The number of rotatable bonds is 13. The SMILES string of the molecule is CC(C)CCCC(C)CC=CC1(C)CCc2cc(OCCCCS(=O)(=O)O)ccc2O1. The molecule has 2 atom stereocenters. The van der Waals surface area contributed by atoms with Gasteiger partial charge in [0.05, 0.1) is 12.4 Å². The highest BCUT2D eigenvalue weighted by Crippen LogP contribution is 2.36. The Kier molecular flexibility index (Phi) is 9.89. The van der Waals surface area contributed by atoms with Crippen molar-refractivity contribution < 1.29 is 22.4 Å². The highest BCUT2D eigenvalue weighted by Gasteiger charge is 2.29. The maximum absolute atomic E-state index is 10.7. The number of hydrogen-bond donors (Lipinski definition) is 1. The second-order valence-electron chi connectivity index (χ2n) is 9.59. The molecule has 0 aliphatic carbocycles. The van der Waals surface area contributed by atoms with E-state index >= 15 is 0 Å². The van der Waals surface area contributed by atoms with Gasteiger partial charge in [-0.25, -0.2) is 0 Å².